The Morgan fingerprint density at radius 3 is 1.38 bits per heavy atom. The van der Waals surface area contributed by atoms with E-state index in [0.29, 0.717) is 0 Å². The molecule has 0 radical (unpaired) electrons. The van der Waals surface area contributed by atoms with Crippen LogP contribution >= 0.6 is 0 Å². The third kappa shape index (κ3) is 16.0. The zero-order valence-corrected chi connectivity index (χ0v) is 7.76. The summed E-state index contributed by atoms with van der Waals surface area (Å²) in [6.45, 7) is 5.83. The van der Waals surface area contributed by atoms with Crippen molar-refractivity contribution < 1.29 is 12.4 Å². The van der Waals surface area contributed by atoms with Crippen molar-refractivity contribution in [1.82, 2.24) is 0 Å². The first-order valence-electron chi connectivity index (χ1n) is 2.00. The molecule has 0 aliphatic heterocycles. The van der Waals surface area contributed by atoms with Crippen molar-refractivity contribution in [3.05, 3.63) is 6.42 Å². The van der Waals surface area contributed by atoms with E-state index in [0.717, 1.165) is 0 Å². The first kappa shape index (κ1) is 15.8. The predicted molar refractivity (Wildman–Crippen MR) is 32.3 cm³/mol. The molecule has 0 rings (SSSR count). The molecule has 0 nitrogen and oxygen atoms in total. The molecule has 0 aromatic carbocycles. The Morgan fingerprint density at radius 2 is 1.38 bits per heavy atom. The van der Waals surface area contributed by atoms with Crippen molar-refractivity contribution in [3.8, 4) is 5.92 Å². The van der Waals surface area contributed by atoms with Crippen LogP contribution in [0.5, 0.6) is 0 Å². The minimum Gasteiger partial charge on any atom is -1.00 e. The second kappa shape index (κ2) is 5.75. The number of halogens is 1. The molecule has 0 atom stereocenters. The predicted octanol–water partition coefficient (Wildman–Crippen LogP) is -1.75. The van der Waals surface area contributed by atoms with Gasteiger partial charge in [0.25, 0.3) is 0 Å². The molecule has 8 heavy (non-hydrogen) atoms. The van der Waals surface area contributed by atoms with Gasteiger partial charge in [-0.15, -0.1) is 0 Å². The van der Waals surface area contributed by atoms with Crippen molar-refractivity contribution in [3.63, 3.8) is 0 Å². The third-order valence-corrected chi connectivity index (χ3v) is 0.375. The largest absolute Gasteiger partial charge is 2.00 e. The van der Waals surface area contributed by atoms with E-state index in [-0.39, 0.29) is 40.9 Å². The number of hydrogen-bond donors (Lipinski definition) is 0. The summed E-state index contributed by atoms with van der Waals surface area (Å²) >= 11 is 0. The molecule has 0 bridgehead atoms. The van der Waals surface area contributed by atoms with Crippen molar-refractivity contribution in [1.29, 1.82) is 0 Å². The average molecular weight is 141 g/mol. The van der Waals surface area contributed by atoms with Gasteiger partial charge in [0.05, 0.1) is 0 Å². The van der Waals surface area contributed by atoms with Gasteiger partial charge >= 0.3 is 23.1 Å². The molecule has 0 aliphatic rings. The Kier molecular flexibility index (Phi) is 11.4. The summed E-state index contributed by atoms with van der Waals surface area (Å²) in [5, 5.41) is 0. The Bertz CT molecular complexity index is 75.5. The first-order valence-corrected chi connectivity index (χ1v) is 2.00. The maximum Gasteiger partial charge on any atom is 2.00 e. The number of hydrogen-bond acceptors (Lipinski definition) is 0. The summed E-state index contributed by atoms with van der Waals surface area (Å²) in [5.41, 5.74) is -0.0417. The summed E-state index contributed by atoms with van der Waals surface area (Å²) < 4.78 is 0. The van der Waals surface area contributed by atoms with Gasteiger partial charge in [0.2, 0.25) is 0 Å². The molecule has 0 saturated heterocycles. The van der Waals surface area contributed by atoms with Gasteiger partial charge in [-0.3, -0.25) is 0 Å². The Labute approximate surface area is 74.0 Å². The van der Waals surface area contributed by atoms with E-state index in [2.05, 4.69) is 5.92 Å². The molecular weight excluding hydrogens is 132 g/mol. The molecule has 0 amide bonds. The van der Waals surface area contributed by atoms with Crippen LogP contribution in [-0.4, -0.2) is 23.1 Å². The zero-order valence-electron chi connectivity index (χ0n) is 5.59. The fourth-order valence-corrected chi connectivity index (χ4v) is 0. The molecule has 0 aromatic heterocycles. The average Bonchev–Trinajstić information content (AvgIpc) is 1.35. The second-order valence-corrected chi connectivity index (χ2v) is 2.38. The van der Waals surface area contributed by atoms with Crippen molar-refractivity contribution in [2.24, 2.45) is 5.41 Å². The fourth-order valence-electron chi connectivity index (χ4n) is 0. The van der Waals surface area contributed by atoms with Crippen LogP contribution in [0.25, 0.3) is 0 Å². The van der Waals surface area contributed by atoms with Gasteiger partial charge in [-0.05, 0) is 5.41 Å². The molecule has 2 heteroatoms. The monoisotopic (exact) mass is 140 g/mol. The summed E-state index contributed by atoms with van der Waals surface area (Å²) in [4.78, 5) is 0. The van der Waals surface area contributed by atoms with Gasteiger partial charge in [0, 0.05) is 0 Å². The topological polar surface area (TPSA) is 0 Å². The number of rotatable bonds is 0. The van der Waals surface area contributed by atoms with Crippen LogP contribution in [0.3, 0.4) is 0 Å². The van der Waals surface area contributed by atoms with Crippen LogP contribution in [0.2, 0.25) is 0 Å². The van der Waals surface area contributed by atoms with Crippen molar-refractivity contribution in [2.75, 3.05) is 0 Å². The Morgan fingerprint density at radius 1 is 1.25 bits per heavy atom. The maximum atomic E-state index is 6.60. The fraction of sp³-hybridized carbons (Fsp3) is 0.667. The molecule has 0 aromatic rings. The van der Waals surface area contributed by atoms with Gasteiger partial charge in [-0.2, -0.15) is 0 Å². The van der Waals surface area contributed by atoms with Crippen LogP contribution in [0.4, 0.5) is 0 Å². The minimum absolute atomic E-state index is 0. The maximum absolute atomic E-state index is 6.60. The SMILES string of the molecule is [C-]#CC(C)(C)C.[Cl-].[Mg+2]. The molecule has 0 saturated carbocycles. The van der Waals surface area contributed by atoms with Crippen molar-refractivity contribution in [2.45, 2.75) is 20.8 Å². The Balaban J connectivity index is -0.000000125. The summed E-state index contributed by atoms with van der Waals surface area (Å²) in [6.07, 6.45) is 6.60. The van der Waals surface area contributed by atoms with Gasteiger partial charge < -0.3 is 24.8 Å². The van der Waals surface area contributed by atoms with E-state index in [4.69, 9.17) is 6.42 Å². The minimum atomic E-state index is -0.0417. The summed E-state index contributed by atoms with van der Waals surface area (Å²) in [6, 6.07) is 0. The standard InChI is InChI=1S/C6H9.ClH.Mg/c1-5-6(2,3)4;;/h2-4H3;1H;/q-1;;+2/p-1. The van der Waals surface area contributed by atoms with E-state index < -0.39 is 0 Å². The smallest absolute Gasteiger partial charge is 1.00 e. The first-order chi connectivity index (χ1) is 2.56. The van der Waals surface area contributed by atoms with Crippen LogP contribution in [0.15, 0.2) is 0 Å². The van der Waals surface area contributed by atoms with Gasteiger partial charge in [-0.1, -0.05) is 20.8 Å². The van der Waals surface area contributed by atoms with E-state index in [1.807, 2.05) is 20.8 Å². The van der Waals surface area contributed by atoms with E-state index >= 15 is 0 Å². The van der Waals surface area contributed by atoms with Crippen LogP contribution in [0.1, 0.15) is 20.8 Å². The molecule has 0 unspecified atom stereocenters. The quantitative estimate of drug-likeness (QED) is 0.213. The molecular formula is C6H9ClMg. The zero-order chi connectivity index (χ0) is 5.21. The normalized spacial score (nSPS) is 7.75. The molecule has 0 aliphatic carbocycles. The van der Waals surface area contributed by atoms with Gasteiger partial charge in [-0.25, -0.2) is 0 Å². The van der Waals surface area contributed by atoms with E-state index in [9.17, 15) is 0 Å². The molecule has 0 heterocycles. The van der Waals surface area contributed by atoms with Crippen LogP contribution in [-0.2, 0) is 0 Å². The van der Waals surface area contributed by atoms with Crippen LogP contribution < -0.4 is 12.4 Å². The molecule has 0 fully saturated rings. The summed E-state index contributed by atoms with van der Waals surface area (Å²) in [7, 11) is 0. The second-order valence-electron chi connectivity index (χ2n) is 2.38. The molecule has 0 N–H and O–H groups in total. The molecule has 42 valence electrons. The third-order valence-electron chi connectivity index (χ3n) is 0.375. The van der Waals surface area contributed by atoms with Gasteiger partial charge in [0.1, 0.15) is 0 Å². The van der Waals surface area contributed by atoms with E-state index in [1.54, 1.807) is 0 Å². The van der Waals surface area contributed by atoms with Crippen molar-refractivity contribution >= 4 is 23.1 Å². The van der Waals surface area contributed by atoms with E-state index in [1.165, 1.54) is 0 Å². The Hall–Kier alpha value is 0.616. The van der Waals surface area contributed by atoms with Crippen LogP contribution in [0, 0.1) is 17.8 Å². The summed E-state index contributed by atoms with van der Waals surface area (Å²) in [5.74, 6) is 2.35. The van der Waals surface area contributed by atoms with Gasteiger partial charge in [0.15, 0.2) is 0 Å². The molecule has 0 spiro atoms.